The van der Waals surface area contributed by atoms with Crippen LogP contribution in [0.25, 0.3) is 0 Å². The van der Waals surface area contributed by atoms with Gasteiger partial charge in [-0.25, -0.2) is 0 Å². The standard InChI is InChI=1S/C9H15F3O/c1-2-4-8(7-13)5-3-6-9(10,11)12/h7-8H,2-6H2,1H3. The number of halogens is 3. The van der Waals surface area contributed by atoms with Crippen molar-refractivity contribution < 1.29 is 18.0 Å². The molecular formula is C9H15F3O. The molecule has 0 amide bonds. The average Bonchev–Trinajstić information content (AvgIpc) is 2.01. The fraction of sp³-hybridized carbons (Fsp3) is 0.889. The Morgan fingerprint density at radius 1 is 1.31 bits per heavy atom. The Bertz CT molecular complexity index is 142. The molecular weight excluding hydrogens is 181 g/mol. The molecule has 4 heteroatoms. The summed E-state index contributed by atoms with van der Waals surface area (Å²) >= 11 is 0. The van der Waals surface area contributed by atoms with Crippen molar-refractivity contribution in [3.8, 4) is 0 Å². The summed E-state index contributed by atoms with van der Waals surface area (Å²) in [7, 11) is 0. The van der Waals surface area contributed by atoms with Crippen molar-refractivity contribution in [3.63, 3.8) is 0 Å². The van der Waals surface area contributed by atoms with E-state index in [4.69, 9.17) is 0 Å². The first kappa shape index (κ1) is 12.5. The summed E-state index contributed by atoms with van der Waals surface area (Å²) in [5.41, 5.74) is 0. The van der Waals surface area contributed by atoms with Gasteiger partial charge in [0.2, 0.25) is 0 Å². The Labute approximate surface area is 76.3 Å². The molecule has 78 valence electrons. The number of alkyl halides is 3. The lowest BCUT2D eigenvalue weighted by Gasteiger charge is -2.09. The first-order chi connectivity index (χ1) is 5.99. The third-order valence-electron chi connectivity index (χ3n) is 1.89. The predicted molar refractivity (Wildman–Crippen MR) is 44.4 cm³/mol. The van der Waals surface area contributed by atoms with Crippen molar-refractivity contribution in [2.24, 2.45) is 5.92 Å². The largest absolute Gasteiger partial charge is 0.389 e. The highest BCUT2D eigenvalue weighted by molar-refractivity contribution is 5.53. The smallest absolute Gasteiger partial charge is 0.303 e. The Morgan fingerprint density at radius 3 is 2.31 bits per heavy atom. The second kappa shape index (κ2) is 6.00. The summed E-state index contributed by atoms with van der Waals surface area (Å²) in [6, 6.07) is 0. The van der Waals surface area contributed by atoms with Crippen LogP contribution < -0.4 is 0 Å². The first-order valence-electron chi connectivity index (χ1n) is 4.51. The highest BCUT2D eigenvalue weighted by atomic mass is 19.4. The van der Waals surface area contributed by atoms with Crippen molar-refractivity contribution in [2.45, 2.75) is 45.2 Å². The van der Waals surface area contributed by atoms with Crippen LogP contribution in [0.4, 0.5) is 13.2 Å². The van der Waals surface area contributed by atoms with Crippen LogP contribution in [0.2, 0.25) is 0 Å². The van der Waals surface area contributed by atoms with Crippen molar-refractivity contribution in [3.05, 3.63) is 0 Å². The summed E-state index contributed by atoms with van der Waals surface area (Å²) in [5.74, 6) is -0.188. The second-order valence-electron chi connectivity index (χ2n) is 3.19. The van der Waals surface area contributed by atoms with Crippen LogP contribution in [-0.4, -0.2) is 12.5 Å². The molecule has 1 nitrogen and oxygen atoms in total. The lowest BCUT2D eigenvalue weighted by atomic mass is 9.99. The van der Waals surface area contributed by atoms with Gasteiger partial charge in [0.15, 0.2) is 0 Å². The quantitative estimate of drug-likeness (QED) is 0.595. The van der Waals surface area contributed by atoms with E-state index >= 15 is 0 Å². The van der Waals surface area contributed by atoms with Crippen molar-refractivity contribution in [2.75, 3.05) is 0 Å². The fourth-order valence-corrected chi connectivity index (χ4v) is 1.22. The molecule has 0 aromatic heterocycles. The molecule has 0 aliphatic heterocycles. The van der Waals surface area contributed by atoms with E-state index in [1.54, 1.807) is 0 Å². The molecule has 0 aromatic carbocycles. The van der Waals surface area contributed by atoms with Crippen LogP contribution >= 0.6 is 0 Å². The molecule has 0 bridgehead atoms. The molecule has 0 spiro atoms. The van der Waals surface area contributed by atoms with E-state index < -0.39 is 12.6 Å². The second-order valence-corrected chi connectivity index (χ2v) is 3.19. The van der Waals surface area contributed by atoms with Crippen LogP contribution in [0.3, 0.4) is 0 Å². The van der Waals surface area contributed by atoms with E-state index in [-0.39, 0.29) is 12.3 Å². The maximum absolute atomic E-state index is 11.7. The molecule has 13 heavy (non-hydrogen) atoms. The van der Waals surface area contributed by atoms with Gasteiger partial charge in [0, 0.05) is 12.3 Å². The Hall–Kier alpha value is -0.540. The molecule has 0 heterocycles. The molecule has 0 radical (unpaired) electrons. The minimum Gasteiger partial charge on any atom is -0.303 e. The van der Waals surface area contributed by atoms with E-state index in [0.717, 1.165) is 12.7 Å². The summed E-state index contributed by atoms with van der Waals surface area (Å²) in [6.07, 6.45) is -2.14. The molecule has 0 fully saturated rings. The highest BCUT2D eigenvalue weighted by Crippen LogP contribution is 2.24. The Balaban J connectivity index is 3.55. The van der Waals surface area contributed by atoms with Crippen molar-refractivity contribution in [1.82, 2.24) is 0 Å². The maximum Gasteiger partial charge on any atom is 0.389 e. The van der Waals surface area contributed by atoms with Gasteiger partial charge < -0.3 is 4.79 Å². The van der Waals surface area contributed by atoms with Gasteiger partial charge in [-0.2, -0.15) is 13.2 Å². The monoisotopic (exact) mass is 196 g/mol. The number of carbonyl (C=O) groups is 1. The van der Waals surface area contributed by atoms with Gasteiger partial charge in [-0.1, -0.05) is 13.3 Å². The maximum atomic E-state index is 11.7. The van der Waals surface area contributed by atoms with Gasteiger partial charge in [-0.3, -0.25) is 0 Å². The molecule has 1 atom stereocenters. The SMILES string of the molecule is CCCC(C=O)CCCC(F)(F)F. The molecule has 0 saturated carbocycles. The van der Waals surface area contributed by atoms with Crippen molar-refractivity contribution in [1.29, 1.82) is 0 Å². The minimum atomic E-state index is -4.08. The number of rotatable bonds is 6. The zero-order valence-corrected chi connectivity index (χ0v) is 7.73. The summed E-state index contributed by atoms with van der Waals surface area (Å²) in [4.78, 5) is 10.4. The average molecular weight is 196 g/mol. The molecule has 1 unspecified atom stereocenters. The molecule has 0 N–H and O–H groups in total. The van der Waals surface area contributed by atoms with Crippen LogP contribution in [-0.2, 0) is 4.79 Å². The van der Waals surface area contributed by atoms with E-state index in [0.29, 0.717) is 12.8 Å². The zero-order chi connectivity index (χ0) is 10.3. The predicted octanol–water partition coefficient (Wildman–Crippen LogP) is 3.33. The summed E-state index contributed by atoms with van der Waals surface area (Å²) in [6.45, 7) is 1.92. The number of hydrogen-bond donors (Lipinski definition) is 0. The lowest BCUT2D eigenvalue weighted by Crippen LogP contribution is -2.09. The Kier molecular flexibility index (Phi) is 5.75. The molecule has 0 aromatic rings. The highest BCUT2D eigenvalue weighted by Gasteiger charge is 2.26. The third kappa shape index (κ3) is 7.81. The molecule has 0 rings (SSSR count). The minimum absolute atomic E-state index is 0.0624. The topological polar surface area (TPSA) is 17.1 Å². The molecule has 0 saturated heterocycles. The van der Waals surface area contributed by atoms with Crippen molar-refractivity contribution >= 4 is 6.29 Å². The lowest BCUT2D eigenvalue weighted by molar-refractivity contribution is -0.136. The normalized spacial score (nSPS) is 14.2. The van der Waals surface area contributed by atoms with Crippen LogP contribution in [0, 0.1) is 5.92 Å². The van der Waals surface area contributed by atoms with E-state index in [1.807, 2.05) is 6.92 Å². The number of hydrogen-bond acceptors (Lipinski definition) is 1. The van der Waals surface area contributed by atoms with E-state index in [9.17, 15) is 18.0 Å². The fourth-order valence-electron chi connectivity index (χ4n) is 1.22. The first-order valence-corrected chi connectivity index (χ1v) is 4.51. The molecule has 0 aliphatic rings. The number of aldehydes is 1. The summed E-state index contributed by atoms with van der Waals surface area (Å²) < 4.78 is 35.1. The molecule has 0 aliphatic carbocycles. The summed E-state index contributed by atoms with van der Waals surface area (Å²) in [5, 5.41) is 0. The van der Waals surface area contributed by atoms with Crippen LogP contribution in [0.1, 0.15) is 39.0 Å². The number of carbonyl (C=O) groups excluding carboxylic acids is 1. The van der Waals surface area contributed by atoms with Gasteiger partial charge in [0.1, 0.15) is 6.29 Å². The van der Waals surface area contributed by atoms with Crippen LogP contribution in [0.15, 0.2) is 0 Å². The van der Waals surface area contributed by atoms with Gasteiger partial charge in [-0.05, 0) is 19.3 Å². The third-order valence-corrected chi connectivity index (χ3v) is 1.89. The van der Waals surface area contributed by atoms with Gasteiger partial charge in [-0.15, -0.1) is 0 Å². The van der Waals surface area contributed by atoms with E-state index in [2.05, 4.69) is 0 Å². The van der Waals surface area contributed by atoms with Crippen LogP contribution in [0.5, 0.6) is 0 Å². The Morgan fingerprint density at radius 2 is 1.92 bits per heavy atom. The van der Waals surface area contributed by atoms with E-state index in [1.165, 1.54) is 0 Å². The van der Waals surface area contributed by atoms with Gasteiger partial charge >= 0.3 is 6.18 Å². The van der Waals surface area contributed by atoms with Gasteiger partial charge in [0.05, 0.1) is 0 Å². The zero-order valence-electron chi connectivity index (χ0n) is 7.73. The van der Waals surface area contributed by atoms with Gasteiger partial charge in [0.25, 0.3) is 0 Å².